The number of guanidine groups is 1. The van der Waals surface area contributed by atoms with Crippen molar-refractivity contribution in [3.63, 3.8) is 0 Å². The molecule has 0 aliphatic carbocycles. The Labute approximate surface area is 154 Å². The molecule has 25 heavy (non-hydrogen) atoms. The summed E-state index contributed by atoms with van der Waals surface area (Å²) < 4.78 is 2.06. The first-order valence-corrected chi connectivity index (χ1v) is 10.00. The van der Waals surface area contributed by atoms with Crippen molar-refractivity contribution in [3.8, 4) is 0 Å². The molecule has 2 N–H and O–H groups in total. The Kier molecular flexibility index (Phi) is 6.88. The summed E-state index contributed by atoms with van der Waals surface area (Å²) in [5.41, 5.74) is 0. The molecule has 0 amide bonds. The van der Waals surface area contributed by atoms with E-state index in [-0.39, 0.29) is 0 Å². The molecule has 6 nitrogen and oxygen atoms in total. The largest absolute Gasteiger partial charge is 0.357 e. The monoisotopic (exact) mass is 360 g/mol. The van der Waals surface area contributed by atoms with Crippen LogP contribution < -0.4 is 10.6 Å². The first-order chi connectivity index (χ1) is 12.4. The molecule has 1 aliphatic rings. The number of imidazole rings is 1. The minimum Gasteiger partial charge on any atom is -0.357 e. The van der Waals surface area contributed by atoms with Crippen LogP contribution in [-0.2, 0) is 6.54 Å². The summed E-state index contributed by atoms with van der Waals surface area (Å²) in [6.45, 7) is 7.83. The summed E-state index contributed by atoms with van der Waals surface area (Å²) in [6, 6.07) is 4.77. The second-order valence-corrected chi connectivity index (χ2v) is 7.20. The zero-order chi connectivity index (χ0) is 17.3. The van der Waals surface area contributed by atoms with Crippen LogP contribution in [0.15, 0.2) is 41.2 Å². The number of thiophene rings is 1. The van der Waals surface area contributed by atoms with Gasteiger partial charge in [0.05, 0.1) is 18.9 Å². The molecule has 0 radical (unpaired) electrons. The van der Waals surface area contributed by atoms with Gasteiger partial charge in [-0.25, -0.2) is 4.98 Å². The van der Waals surface area contributed by atoms with Crippen molar-refractivity contribution >= 4 is 17.3 Å². The number of likely N-dealkylation sites (tertiary alicyclic amines) is 1. The van der Waals surface area contributed by atoms with Gasteiger partial charge in [0, 0.05) is 36.9 Å². The zero-order valence-electron chi connectivity index (χ0n) is 14.9. The van der Waals surface area contributed by atoms with Gasteiger partial charge in [0.2, 0.25) is 0 Å². The van der Waals surface area contributed by atoms with E-state index in [1.165, 1.54) is 30.8 Å². The number of rotatable bonds is 8. The van der Waals surface area contributed by atoms with Gasteiger partial charge in [-0.05, 0) is 44.3 Å². The van der Waals surface area contributed by atoms with Crippen molar-refractivity contribution in [2.24, 2.45) is 4.99 Å². The lowest BCUT2D eigenvalue weighted by Gasteiger charge is -2.25. The number of hydrogen-bond acceptors (Lipinski definition) is 4. The Balaban J connectivity index is 1.59. The topological polar surface area (TPSA) is 57.5 Å². The molecule has 1 fully saturated rings. The van der Waals surface area contributed by atoms with Gasteiger partial charge in [0.15, 0.2) is 5.96 Å². The molecule has 1 aliphatic heterocycles. The predicted octanol–water partition coefficient (Wildman–Crippen LogP) is 2.34. The number of nitrogens with one attached hydrogen (secondary N) is 2. The standard InChI is InChI=1S/C18H28N6S/c1-2-20-18(21-8-12-23-11-7-19-15-23)22-14-16(17-6-5-13-25-17)24-9-3-4-10-24/h5-7,11,13,15-16H,2-4,8-10,12,14H2,1H3,(H2,20,21,22). The van der Waals surface area contributed by atoms with Gasteiger partial charge in [-0.3, -0.25) is 9.89 Å². The molecule has 1 atom stereocenters. The van der Waals surface area contributed by atoms with Crippen molar-refractivity contribution in [1.29, 1.82) is 0 Å². The third-order valence-corrected chi connectivity index (χ3v) is 5.41. The Morgan fingerprint density at radius 2 is 2.24 bits per heavy atom. The maximum absolute atomic E-state index is 4.87. The molecule has 1 saturated heterocycles. The van der Waals surface area contributed by atoms with Crippen LogP contribution in [0.1, 0.15) is 30.7 Å². The minimum atomic E-state index is 0.395. The lowest BCUT2D eigenvalue weighted by molar-refractivity contribution is 0.255. The second kappa shape index (κ2) is 9.58. The van der Waals surface area contributed by atoms with Gasteiger partial charge in [-0.2, -0.15) is 0 Å². The normalized spacial score (nSPS) is 16.9. The van der Waals surface area contributed by atoms with Crippen LogP contribution in [0, 0.1) is 0 Å². The van der Waals surface area contributed by atoms with Gasteiger partial charge in [-0.1, -0.05) is 6.07 Å². The van der Waals surface area contributed by atoms with E-state index in [2.05, 4.69) is 49.5 Å². The molecule has 136 valence electrons. The van der Waals surface area contributed by atoms with Crippen molar-refractivity contribution < 1.29 is 0 Å². The smallest absolute Gasteiger partial charge is 0.191 e. The van der Waals surface area contributed by atoms with Crippen molar-refractivity contribution in [2.75, 3.05) is 32.7 Å². The van der Waals surface area contributed by atoms with Gasteiger partial charge >= 0.3 is 0 Å². The average molecular weight is 361 g/mol. The third kappa shape index (κ3) is 5.31. The number of aromatic nitrogens is 2. The summed E-state index contributed by atoms with van der Waals surface area (Å²) in [7, 11) is 0. The van der Waals surface area contributed by atoms with E-state index in [1.807, 2.05) is 23.9 Å². The van der Waals surface area contributed by atoms with Crippen LogP contribution in [0.2, 0.25) is 0 Å². The Morgan fingerprint density at radius 3 is 2.92 bits per heavy atom. The highest BCUT2D eigenvalue weighted by atomic mass is 32.1. The molecule has 7 heteroatoms. The molecule has 0 bridgehead atoms. The highest BCUT2D eigenvalue weighted by molar-refractivity contribution is 7.10. The van der Waals surface area contributed by atoms with Crippen LogP contribution in [0.3, 0.4) is 0 Å². The highest BCUT2D eigenvalue weighted by Gasteiger charge is 2.24. The van der Waals surface area contributed by atoms with E-state index in [9.17, 15) is 0 Å². The molecule has 3 rings (SSSR count). The van der Waals surface area contributed by atoms with Crippen LogP contribution in [0.25, 0.3) is 0 Å². The first kappa shape index (κ1) is 17.9. The minimum absolute atomic E-state index is 0.395. The summed E-state index contributed by atoms with van der Waals surface area (Å²) >= 11 is 1.84. The van der Waals surface area contributed by atoms with E-state index in [0.29, 0.717) is 6.04 Å². The van der Waals surface area contributed by atoms with E-state index in [4.69, 9.17) is 4.99 Å². The summed E-state index contributed by atoms with van der Waals surface area (Å²) in [6.07, 6.45) is 8.22. The maximum Gasteiger partial charge on any atom is 0.191 e. The fraction of sp³-hybridized carbons (Fsp3) is 0.556. The predicted molar refractivity (Wildman–Crippen MR) is 104 cm³/mol. The van der Waals surface area contributed by atoms with Gasteiger partial charge in [0.25, 0.3) is 0 Å². The zero-order valence-corrected chi connectivity index (χ0v) is 15.7. The molecular weight excluding hydrogens is 332 g/mol. The SMILES string of the molecule is CCNC(=NCC(c1cccs1)N1CCCC1)NCCn1ccnc1. The Bertz CT molecular complexity index is 616. The average Bonchev–Trinajstić information content (AvgIpc) is 3.38. The molecular formula is C18H28N6S. The molecule has 0 spiro atoms. The summed E-state index contributed by atoms with van der Waals surface area (Å²) in [5, 5.41) is 8.94. The van der Waals surface area contributed by atoms with Crippen LogP contribution in [0.4, 0.5) is 0 Å². The van der Waals surface area contributed by atoms with E-state index < -0.39 is 0 Å². The van der Waals surface area contributed by atoms with E-state index in [1.54, 1.807) is 6.20 Å². The van der Waals surface area contributed by atoms with Crippen molar-refractivity contribution in [2.45, 2.75) is 32.4 Å². The van der Waals surface area contributed by atoms with E-state index >= 15 is 0 Å². The molecule has 2 aromatic rings. The van der Waals surface area contributed by atoms with Gasteiger partial charge in [-0.15, -0.1) is 11.3 Å². The lowest BCUT2D eigenvalue weighted by atomic mass is 10.2. The number of aliphatic imine (C=N–C) groups is 1. The third-order valence-electron chi connectivity index (χ3n) is 4.44. The fourth-order valence-corrected chi connectivity index (χ4v) is 4.01. The second-order valence-electron chi connectivity index (χ2n) is 6.22. The fourth-order valence-electron chi connectivity index (χ4n) is 3.16. The quantitative estimate of drug-likeness (QED) is 0.560. The molecule has 2 aromatic heterocycles. The van der Waals surface area contributed by atoms with E-state index in [0.717, 1.165) is 32.1 Å². The van der Waals surface area contributed by atoms with Crippen molar-refractivity contribution in [3.05, 3.63) is 41.1 Å². The molecule has 1 unspecified atom stereocenters. The number of hydrogen-bond donors (Lipinski definition) is 2. The number of nitrogens with zero attached hydrogens (tertiary/aromatic N) is 4. The summed E-state index contributed by atoms with van der Waals surface area (Å²) in [4.78, 5) is 12.9. The maximum atomic E-state index is 4.87. The lowest BCUT2D eigenvalue weighted by Crippen LogP contribution is -2.39. The van der Waals surface area contributed by atoms with Crippen LogP contribution >= 0.6 is 11.3 Å². The van der Waals surface area contributed by atoms with Crippen LogP contribution in [-0.4, -0.2) is 53.1 Å². The Hall–Kier alpha value is -1.86. The van der Waals surface area contributed by atoms with Crippen molar-refractivity contribution in [1.82, 2.24) is 25.1 Å². The molecule has 0 aromatic carbocycles. The first-order valence-electron chi connectivity index (χ1n) is 9.12. The molecule has 3 heterocycles. The van der Waals surface area contributed by atoms with Gasteiger partial charge in [0.1, 0.15) is 0 Å². The Morgan fingerprint density at radius 1 is 1.36 bits per heavy atom. The summed E-state index contributed by atoms with van der Waals surface area (Å²) in [5.74, 6) is 0.892. The highest BCUT2D eigenvalue weighted by Crippen LogP contribution is 2.28. The van der Waals surface area contributed by atoms with Gasteiger partial charge < -0.3 is 15.2 Å². The van der Waals surface area contributed by atoms with Crippen LogP contribution in [0.5, 0.6) is 0 Å². The molecule has 0 saturated carbocycles.